The highest BCUT2D eigenvalue weighted by Gasteiger charge is 2.21. The van der Waals surface area contributed by atoms with Crippen molar-refractivity contribution in [2.75, 3.05) is 0 Å². The molecule has 0 saturated carbocycles. The number of para-hydroxylation sites is 2. The fourth-order valence-electron chi connectivity index (χ4n) is 7.59. The second-order valence-electron chi connectivity index (χ2n) is 14.0. The molecule has 0 amide bonds. The maximum absolute atomic E-state index is 4.59. The number of benzene rings is 7. The minimum Gasteiger partial charge on any atom is -0.309 e. The molecule has 2 nitrogen and oxygen atoms in total. The predicted molar refractivity (Wildman–Crippen MR) is 209 cm³/mol. The van der Waals surface area contributed by atoms with E-state index in [-0.39, 0.29) is 5.41 Å². The molecule has 0 aliphatic rings. The van der Waals surface area contributed by atoms with Crippen molar-refractivity contribution in [2.24, 2.45) is 0 Å². The Bertz CT molecular complexity index is 2600. The van der Waals surface area contributed by atoms with E-state index in [2.05, 4.69) is 176 Å². The van der Waals surface area contributed by atoms with Crippen LogP contribution in [0.15, 0.2) is 164 Å². The van der Waals surface area contributed by atoms with E-state index < -0.39 is 0 Å². The first-order valence-electron chi connectivity index (χ1n) is 17.1. The number of aromatic nitrogens is 2. The lowest BCUT2D eigenvalue weighted by Gasteiger charge is -2.23. The molecule has 0 radical (unpaired) electrons. The average molecular weight is 629 g/mol. The molecule has 2 heterocycles. The minimum absolute atomic E-state index is 0.0179. The summed E-state index contributed by atoms with van der Waals surface area (Å²) in [5.41, 5.74) is 12.0. The molecule has 0 atom stereocenters. The number of hydrogen-bond acceptors (Lipinski definition) is 1. The Kier molecular flexibility index (Phi) is 6.74. The van der Waals surface area contributed by atoms with Gasteiger partial charge < -0.3 is 4.57 Å². The van der Waals surface area contributed by atoms with Crippen molar-refractivity contribution in [2.45, 2.75) is 26.2 Å². The summed E-state index contributed by atoms with van der Waals surface area (Å²) < 4.78 is 2.39. The molecule has 2 heteroatoms. The Balaban J connectivity index is 1.27. The van der Waals surface area contributed by atoms with Gasteiger partial charge in [-0.1, -0.05) is 136 Å². The van der Waals surface area contributed by atoms with Crippen molar-refractivity contribution >= 4 is 43.4 Å². The summed E-state index contributed by atoms with van der Waals surface area (Å²) in [6.07, 6.45) is 1.85. The van der Waals surface area contributed by atoms with Gasteiger partial charge in [0, 0.05) is 28.2 Å². The SMILES string of the molecule is CC(C)(C)c1ccc2c(-c3ccc(-n4c5ccccc5c5ccccc54)cc3)c3ccccc3c(-c3ccc(-c4ccccn4)cc3)c2c1. The zero-order chi connectivity index (χ0) is 33.1. The zero-order valence-corrected chi connectivity index (χ0v) is 28.0. The first-order valence-corrected chi connectivity index (χ1v) is 17.1. The van der Waals surface area contributed by atoms with Gasteiger partial charge in [0.25, 0.3) is 0 Å². The first-order chi connectivity index (χ1) is 24.0. The third kappa shape index (κ3) is 4.83. The van der Waals surface area contributed by atoms with Gasteiger partial charge in [0.05, 0.1) is 16.7 Å². The number of fused-ring (bicyclic) bond motifs is 5. The molecule has 9 aromatic rings. The smallest absolute Gasteiger partial charge is 0.0701 e. The molecule has 9 rings (SSSR count). The van der Waals surface area contributed by atoms with Crippen LogP contribution in [0.5, 0.6) is 0 Å². The highest BCUT2D eigenvalue weighted by atomic mass is 15.0. The third-order valence-electron chi connectivity index (χ3n) is 10.0. The molecule has 0 fully saturated rings. The van der Waals surface area contributed by atoms with E-state index in [9.17, 15) is 0 Å². The molecule has 49 heavy (non-hydrogen) atoms. The zero-order valence-electron chi connectivity index (χ0n) is 28.0. The van der Waals surface area contributed by atoms with Gasteiger partial charge in [-0.05, 0) is 97.2 Å². The highest BCUT2D eigenvalue weighted by Crippen LogP contribution is 2.45. The first kappa shape index (κ1) is 29.2. The number of hydrogen-bond donors (Lipinski definition) is 0. The number of nitrogens with zero attached hydrogens (tertiary/aromatic N) is 2. The van der Waals surface area contributed by atoms with Crippen LogP contribution in [0.25, 0.3) is 82.5 Å². The molecule has 0 bridgehead atoms. The number of pyridine rings is 1. The summed E-state index contributed by atoms with van der Waals surface area (Å²) in [6.45, 7) is 6.89. The Labute approximate surface area is 286 Å². The van der Waals surface area contributed by atoms with Crippen LogP contribution in [-0.4, -0.2) is 9.55 Å². The predicted octanol–water partition coefficient (Wildman–Crippen LogP) is 12.8. The second-order valence-corrected chi connectivity index (χ2v) is 14.0. The lowest BCUT2D eigenvalue weighted by molar-refractivity contribution is 0.591. The van der Waals surface area contributed by atoms with Crippen LogP contribution in [-0.2, 0) is 5.41 Å². The van der Waals surface area contributed by atoms with E-state index in [0.717, 1.165) is 16.9 Å². The Morgan fingerprint density at radius 2 is 0.918 bits per heavy atom. The monoisotopic (exact) mass is 628 g/mol. The summed E-state index contributed by atoms with van der Waals surface area (Å²) in [6, 6.07) is 57.6. The summed E-state index contributed by atoms with van der Waals surface area (Å²) in [4.78, 5) is 4.59. The summed E-state index contributed by atoms with van der Waals surface area (Å²) >= 11 is 0. The van der Waals surface area contributed by atoms with Gasteiger partial charge in [-0.15, -0.1) is 0 Å². The lowest BCUT2D eigenvalue weighted by Crippen LogP contribution is -2.10. The molecule has 0 saturated heterocycles. The van der Waals surface area contributed by atoms with Gasteiger partial charge >= 0.3 is 0 Å². The van der Waals surface area contributed by atoms with Gasteiger partial charge in [0.15, 0.2) is 0 Å². The molecule has 0 aliphatic carbocycles. The van der Waals surface area contributed by atoms with Crippen molar-refractivity contribution in [1.82, 2.24) is 9.55 Å². The summed E-state index contributed by atoms with van der Waals surface area (Å²) in [5.74, 6) is 0. The molecule has 0 N–H and O–H groups in total. The third-order valence-corrected chi connectivity index (χ3v) is 10.0. The average Bonchev–Trinajstić information content (AvgIpc) is 3.48. The molecule has 0 spiro atoms. The van der Waals surface area contributed by atoms with Crippen LogP contribution >= 0.6 is 0 Å². The summed E-state index contributed by atoms with van der Waals surface area (Å²) in [5, 5.41) is 7.60. The standard InChI is InChI=1S/C47H36N2/c1-47(2,3)34-25-28-40-41(30-34)46(32-21-19-31(20-22-32)42-16-10-11-29-48-42)39-15-5-4-14-38(39)45(40)33-23-26-35(27-24-33)49-43-17-8-6-12-36(43)37-13-7-9-18-44(37)49/h4-30H,1-3H3. The molecule has 0 unspecified atom stereocenters. The van der Waals surface area contributed by atoms with Crippen LogP contribution in [0.1, 0.15) is 26.3 Å². The van der Waals surface area contributed by atoms with E-state index in [1.165, 1.54) is 71.2 Å². The minimum atomic E-state index is 0.0179. The molecule has 7 aromatic carbocycles. The Morgan fingerprint density at radius 1 is 0.429 bits per heavy atom. The maximum atomic E-state index is 4.59. The normalized spacial score (nSPS) is 12.0. The molecule has 234 valence electrons. The van der Waals surface area contributed by atoms with Crippen molar-refractivity contribution < 1.29 is 0 Å². The van der Waals surface area contributed by atoms with Crippen LogP contribution in [0.4, 0.5) is 0 Å². The summed E-state index contributed by atoms with van der Waals surface area (Å²) in [7, 11) is 0. The van der Waals surface area contributed by atoms with Crippen LogP contribution < -0.4 is 0 Å². The van der Waals surface area contributed by atoms with Gasteiger partial charge in [-0.3, -0.25) is 4.98 Å². The van der Waals surface area contributed by atoms with Gasteiger partial charge in [0.1, 0.15) is 0 Å². The fraction of sp³-hybridized carbons (Fsp3) is 0.0851. The van der Waals surface area contributed by atoms with Crippen molar-refractivity contribution in [3.63, 3.8) is 0 Å². The van der Waals surface area contributed by atoms with Crippen molar-refractivity contribution in [3.8, 4) is 39.2 Å². The van der Waals surface area contributed by atoms with Gasteiger partial charge in [0.2, 0.25) is 0 Å². The van der Waals surface area contributed by atoms with E-state index in [4.69, 9.17) is 0 Å². The van der Waals surface area contributed by atoms with E-state index >= 15 is 0 Å². The highest BCUT2D eigenvalue weighted by molar-refractivity contribution is 6.21. The van der Waals surface area contributed by atoms with E-state index in [0.29, 0.717) is 0 Å². The van der Waals surface area contributed by atoms with Crippen LogP contribution in [0.2, 0.25) is 0 Å². The van der Waals surface area contributed by atoms with E-state index in [1.807, 2.05) is 18.3 Å². The Morgan fingerprint density at radius 3 is 1.49 bits per heavy atom. The molecule has 2 aromatic heterocycles. The number of rotatable bonds is 4. The van der Waals surface area contributed by atoms with Crippen LogP contribution in [0, 0.1) is 0 Å². The lowest BCUT2D eigenvalue weighted by atomic mass is 9.81. The van der Waals surface area contributed by atoms with Gasteiger partial charge in [-0.25, -0.2) is 0 Å². The maximum Gasteiger partial charge on any atom is 0.0701 e. The molecular weight excluding hydrogens is 593 g/mol. The quantitative estimate of drug-likeness (QED) is 0.177. The van der Waals surface area contributed by atoms with Crippen LogP contribution in [0.3, 0.4) is 0 Å². The van der Waals surface area contributed by atoms with Gasteiger partial charge in [-0.2, -0.15) is 0 Å². The van der Waals surface area contributed by atoms with Crippen molar-refractivity contribution in [3.05, 3.63) is 169 Å². The Hall–Kier alpha value is -5.99. The molecular formula is C47H36N2. The topological polar surface area (TPSA) is 17.8 Å². The molecule has 0 aliphatic heterocycles. The second kappa shape index (κ2) is 11.3. The van der Waals surface area contributed by atoms with E-state index in [1.54, 1.807) is 0 Å². The fourth-order valence-corrected chi connectivity index (χ4v) is 7.59. The largest absolute Gasteiger partial charge is 0.309 e. The van der Waals surface area contributed by atoms with Crippen molar-refractivity contribution in [1.29, 1.82) is 0 Å².